The molecule has 3 aromatic rings. The molecule has 0 aliphatic rings. The van der Waals surface area contributed by atoms with Crippen LogP contribution in [-0.4, -0.2) is 5.78 Å². The fourth-order valence-electron chi connectivity index (χ4n) is 2.16. The van der Waals surface area contributed by atoms with Crippen LogP contribution in [-0.2, 0) is 0 Å². The van der Waals surface area contributed by atoms with E-state index in [2.05, 4.69) is 15.9 Å². The van der Waals surface area contributed by atoms with Crippen molar-refractivity contribution in [2.24, 2.45) is 0 Å². The van der Waals surface area contributed by atoms with Crippen LogP contribution in [0, 0.1) is 6.92 Å². The van der Waals surface area contributed by atoms with Gasteiger partial charge in [0.2, 0.25) is 5.78 Å². The highest BCUT2D eigenvalue weighted by Crippen LogP contribution is 2.23. The van der Waals surface area contributed by atoms with Crippen molar-refractivity contribution in [3.05, 3.63) is 76.0 Å². The molecule has 0 atom stereocenters. The van der Waals surface area contributed by atoms with Gasteiger partial charge in [-0.25, -0.2) is 0 Å². The normalized spacial score (nSPS) is 11.3. The number of benzene rings is 2. The number of furan rings is 1. The van der Waals surface area contributed by atoms with E-state index in [9.17, 15) is 4.79 Å². The summed E-state index contributed by atoms with van der Waals surface area (Å²) in [5.41, 5.74) is 2.88. The summed E-state index contributed by atoms with van der Waals surface area (Å²) in [6, 6.07) is 15.4. The zero-order valence-corrected chi connectivity index (χ0v) is 13.1. The van der Waals surface area contributed by atoms with Gasteiger partial charge in [0.1, 0.15) is 5.58 Å². The molecule has 0 amide bonds. The summed E-state index contributed by atoms with van der Waals surface area (Å²) in [4.78, 5) is 12.2. The number of aryl methyl sites for hydroxylation is 1. The second-order valence-corrected chi connectivity index (χ2v) is 5.82. The van der Waals surface area contributed by atoms with E-state index in [0.29, 0.717) is 11.3 Å². The lowest BCUT2D eigenvalue weighted by Crippen LogP contribution is -1.90. The van der Waals surface area contributed by atoms with E-state index in [4.69, 9.17) is 4.42 Å². The molecule has 3 heteroatoms. The van der Waals surface area contributed by atoms with Crippen molar-refractivity contribution in [2.75, 3.05) is 0 Å². The molecule has 1 heterocycles. The van der Waals surface area contributed by atoms with Crippen LogP contribution < -0.4 is 0 Å². The van der Waals surface area contributed by atoms with Gasteiger partial charge in [0.25, 0.3) is 0 Å². The van der Waals surface area contributed by atoms with Crippen LogP contribution >= 0.6 is 15.9 Å². The maximum absolute atomic E-state index is 12.2. The summed E-state index contributed by atoms with van der Waals surface area (Å²) >= 11 is 3.41. The summed E-state index contributed by atoms with van der Waals surface area (Å²) in [7, 11) is 0. The van der Waals surface area contributed by atoms with Crippen LogP contribution in [0.15, 0.2) is 63.5 Å². The first-order chi connectivity index (χ1) is 10.1. The largest absolute Gasteiger partial charge is 0.453 e. The average molecular weight is 341 g/mol. The highest BCUT2D eigenvalue weighted by atomic mass is 79.9. The van der Waals surface area contributed by atoms with Crippen molar-refractivity contribution in [3.8, 4) is 0 Å². The molecular formula is C18H13BrO2. The Balaban J connectivity index is 1.86. The number of carbonyl (C=O) groups excluding carboxylic acids is 1. The molecule has 2 nitrogen and oxygen atoms in total. The summed E-state index contributed by atoms with van der Waals surface area (Å²) in [5.74, 6) is 0.218. The fraction of sp³-hybridized carbons (Fsp3) is 0.0556. The molecule has 21 heavy (non-hydrogen) atoms. The minimum atomic E-state index is -0.135. The summed E-state index contributed by atoms with van der Waals surface area (Å²) in [6.07, 6.45) is 3.35. The van der Waals surface area contributed by atoms with Gasteiger partial charge in [-0.15, -0.1) is 0 Å². The summed E-state index contributed by atoms with van der Waals surface area (Å²) in [6.45, 7) is 2.02. The summed E-state index contributed by atoms with van der Waals surface area (Å²) < 4.78 is 6.54. The van der Waals surface area contributed by atoms with Gasteiger partial charge >= 0.3 is 0 Å². The topological polar surface area (TPSA) is 30.2 Å². The van der Waals surface area contributed by atoms with Crippen LogP contribution in [0.5, 0.6) is 0 Å². The lowest BCUT2D eigenvalue weighted by atomic mass is 10.1. The number of fused-ring (bicyclic) bond motifs is 1. The van der Waals surface area contributed by atoms with Crippen molar-refractivity contribution in [1.29, 1.82) is 0 Å². The van der Waals surface area contributed by atoms with Gasteiger partial charge in [-0.3, -0.25) is 4.79 Å². The number of hydrogen-bond acceptors (Lipinski definition) is 2. The number of rotatable bonds is 3. The van der Waals surface area contributed by atoms with Gasteiger partial charge in [-0.05, 0) is 42.8 Å². The Hall–Kier alpha value is -2.13. The smallest absolute Gasteiger partial charge is 0.221 e. The van der Waals surface area contributed by atoms with Crippen LogP contribution in [0.25, 0.3) is 17.0 Å². The first-order valence-corrected chi connectivity index (χ1v) is 7.39. The van der Waals surface area contributed by atoms with Gasteiger partial charge in [-0.1, -0.05) is 51.8 Å². The standard InChI is InChI=1S/C18H13BrO2/c1-12-3-2-4-13(9-12)5-7-16(20)18-11-14-10-15(19)6-8-17(14)21-18/h2-11H,1H3/b7-5+. The van der Waals surface area contributed by atoms with E-state index in [0.717, 1.165) is 21.0 Å². The summed E-state index contributed by atoms with van der Waals surface area (Å²) in [5, 5.41) is 0.914. The molecule has 0 saturated carbocycles. The maximum Gasteiger partial charge on any atom is 0.221 e. The van der Waals surface area contributed by atoms with E-state index in [1.165, 1.54) is 0 Å². The van der Waals surface area contributed by atoms with Crippen LogP contribution in [0.2, 0.25) is 0 Å². The van der Waals surface area contributed by atoms with Crippen molar-refractivity contribution in [2.45, 2.75) is 6.92 Å². The monoisotopic (exact) mass is 340 g/mol. The number of ketones is 1. The van der Waals surface area contributed by atoms with Crippen LogP contribution in [0.4, 0.5) is 0 Å². The molecular weight excluding hydrogens is 328 g/mol. The molecule has 0 aliphatic carbocycles. The number of halogens is 1. The van der Waals surface area contributed by atoms with E-state index >= 15 is 0 Å². The molecule has 3 rings (SSSR count). The van der Waals surface area contributed by atoms with Gasteiger partial charge in [-0.2, -0.15) is 0 Å². The first-order valence-electron chi connectivity index (χ1n) is 6.60. The molecule has 0 N–H and O–H groups in total. The van der Waals surface area contributed by atoms with Crippen molar-refractivity contribution in [1.82, 2.24) is 0 Å². The fourth-order valence-corrected chi connectivity index (χ4v) is 2.54. The highest BCUT2D eigenvalue weighted by molar-refractivity contribution is 9.10. The Morgan fingerprint density at radius 2 is 2.00 bits per heavy atom. The van der Waals surface area contributed by atoms with Crippen LogP contribution in [0.3, 0.4) is 0 Å². The molecule has 2 aromatic carbocycles. The second-order valence-electron chi connectivity index (χ2n) is 4.90. The third kappa shape index (κ3) is 3.14. The molecule has 0 unspecified atom stereocenters. The number of allylic oxidation sites excluding steroid dienone is 1. The van der Waals surface area contributed by atoms with Crippen LogP contribution in [0.1, 0.15) is 21.7 Å². The quantitative estimate of drug-likeness (QED) is 0.472. The van der Waals surface area contributed by atoms with E-state index in [-0.39, 0.29) is 5.78 Å². The molecule has 0 saturated heterocycles. The Kier molecular flexibility index (Phi) is 3.76. The zero-order chi connectivity index (χ0) is 14.8. The van der Waals surface area contributed by atoms with Crippen molar-refractivity contribution < 1.29 is 9.21 Å². The minimum Gasteiger partial charge on any atom is -0.453 e. The van der Waals surface area contributed by atoms with Gasteiger partial charge in [0, 0.05) is 9.86 Å². The first kappa shape index (κ1) is 13.8. The Labute approximate surface area is 131 Å². The number of hydrogen-bond donors (Lipinski definition) is 0. The molecule has 104 valence electrons. The van der Waals surface area contributed by atoms with E-state index in [1.54, 1.807) is 18.2 Å². The van der Waals surface area contributed by atoms with Gasteiger partial charge < -0.3 is 4.42 Å². The predicted octanol–water partition coefficient (Wildman–Crippen LogP) is 5.40. The average Bonchev–Trinajstić information content (AvgIpc) is 2.88. The Bertz CT molecular complexity index is 843. The third-order valence-electron chi connectivity index (χ3n) is 3.19. The third-order valence-corrected chi connectivity index (χ3v) is 3.68. The van der Waals surface area contributed by atoms with E-state index in [1.807, 2.05) is 49.4 Å². The Morgan fingerprint density at radius 1 is 1.14 bits per heavy atom. The van der Waals surface area contributed by atoms with Crippen molar-refractivity contribution >= 4 is 38.8 Å². The maximum atomic E-state index is 12.2. The van der Waals surface area contributed by atoms with Gasteiger partial charge in [0.05, 0.1) is 0 Å². The second kappa shape index (κ2) is 5.70. The van der Waals surface area contributed by atoms with E-state index < -0.39 is 0 Å². The van der Waals surface area contributed by atoms with Crippen molar-refractivity contribution in [3.63, 3.8) is 0 Å². The molecule has 1 aromatic heterocycles. The SMILES string of the molecule is Cc1cccc(/C=C/C(=O)c2cc3cc(Br)ccc3o2)c1. The Morgan fingerprint density at radius 3 is 2.81 bits per heavy atom. The molecule has 0 fully saturated rings. The van der Waals surface area contributed by atoms with Gasteiger partial charge in [0.15, 0.2) is 5.76 Å². The molecule has 0 spiro atoms. The lowest BCUT2D eigenvalue weighted by Gasteiger charge is -1.94. The lowest BCUT2D eigenvalue weighted by molar-refractivity contribution is 0.102. The molecule has 0 radical (unpaired) electrons. The number of carbonyl (C=O) groups is 1. The predicted molar refractivity (Wildman–Crippen MR) is 88.5 cm³/mol. The zero-order valence-electron chi connectivity index (χ0n) is 11.5. The highest BCUT2D eigenvalue weighted by Gasteiger charge is 2.09. The minimum absolute atomic E-state index is 0.135. The molecule has 0 aliphatic heterocycles. The molecule has 0 bridgehead atoms.